The molecule has 1 aromatic carbocycles. The fourth-order valence-corrected chi connectivity index (χ4v) is 3.94. The van der Waals surface area contributed by atoms with E-state index in [1.165, 1.54) is 12.0 Å². The topological polar surface area (TPSA) is 30.9 Å². The highest BCUT2D eigenvalue weighted by Crippen LogP contribution is 2.23. The molecule has 1 saturated heterocycles. The summed E-state index contributed by atoms with van der Waals surface area (Å²) in [6, 6.07) is 11.4. The van der Waals surface area contributed by atoms with Gasteiger partial charge in [-0.25, -0.2) is 0 Å². The molecule has 1 unspecified atom stereocenters. The maximum Gasteiger partial charge on any atom is 0.193 e. The van der Waals surface area contributed by atoms with Crippen molar-refractivity contribution in [3.63, 3.8) is 0 Å². The summed E-state index contributed by atoms with van der Waals surface area (Å²) in [5, 5.41) is 3.51. The van der Waals surface area contributed by atoms with Crippen molar-refractivity contribution in [3.8, 4) is 0 Å². The zero-order valence-electron chi connectivity index (χ0n) is 17.0. The molecule has 4 nitrogen and oxygen atoms in total. The number of aliphatic imine (C=N–C) groups is 1. The van der Waals surface area contributed by atoms with Crippen LogP contribution in [0.15, 0.2) is 47.5 Å². The number of benzene rings is 1. The van der Waals surface area contributed by atoms with E-state index < -0.39 is 0 Å². The molecule has 2 aliphatic rings. The second kappa shape index (κ2) is 10.5. The number of hydrogen-bond acceptors (Lipinski definition) is 2. The van der Waals surface area contributed by atoms with Crippen LogP contribution in [0, 0.1) is 5.41 Å². The lowest BCUT2D eigenvalue weighted by Gasteiger charge is -2.27. The fourth-order valence-electron chi connectivity index (χ4n) is 3.94. The SMILES string of the molecule is CCNC(=NCC(C)(C)Cc1ccccc1)N1CCC(N2CC=CC2)C1.I. The molecule has 0 aromatic heterocycles. The third kappa shape index (κ3) is 6.49. The fraction of sp³-hybridized carbons (Fsp3) is 0.591. The van der Waals surface area contributed by atoms with Gasteiger partial charge in [-0.1, -0.05) is 56.3 Å². The summed E-state index contributed by atoms with van der Waals surface area (Å²) in [6.07, 6.45) is 6.86. The lowest BCUT2D eigenvalue weighted by Crippen LogP contribution is -2.43. The minimum absolute atomic E-state index is 0. The molecular weight excluding hydrogens is 447 g/mol. The first-order valence-electron chi connectivity index (χ1n) is 10.0. The lowest BCUT2D eigenvalue weighted by molar-refractivity contribution is 0.259. The molecule has 0 bridgehead atoms. The first-order valence-corrected chi connectivity index (χ1v) is 10.0. The minimum Gasteiger partial charge on any atom is -0.357 e. The van der Waals surface area contributed by atoms with Crippen LogP contribution in [-0.4, -0.2) is 61.1 Å². The summed E-state index contributed by atoms with van der Waals surface area (Å²) in [5.41, 5.74) is 1.54. The number of guanidine groups is 1. The molecule has 1 atom stereocenters. The third-order valence-electron chi connectivity index (χ3n) is 5.34. The number of nitrogens with zero attached hydrogens (tertiary/aromatic N) is 3. The summed E-state index contributed by atoms with van der Waals surface area (Å²) < 4.78 is 0. The van der Waals surface area contributed by atoms with Crippen LogP contribution >= 0.6 is 24.0 Å². The van der Waals surface area contributed by atoms with Gasteiger partial charge in [0.15, 0.2) is 5.96 Å². The Hall–Kier alpha value is -1.08. The van der Waals surface area contributed by atoms with E-state index in [2.05, 4.69) is 78.4 Å². The van der Waals surface area contributed by atoms with E-state index in [4.69, 9.17) is 4.99 Å². The first-order chi connectivity index (χ1) is 12.6. The van der Waals surface area contributed by atoms with Crippen molar-refractivity contribution in [2.45, 2.75) is 39.7 Å². The first kappa shape index (κ1) is 22.2. The molecule has 5 heteroatoms. The van der Waals surface area contributed by atoms with E-state index in [1.54, 1.807) is 0 Å². The Kier molecular flexibility index (Phi) is 8.61. The average Bonchev–Trinajstić information content (AvgIpc) is 3.30. The Morgan fingerprint density at radius 1 is 1.19 bits per heavy atom. The van der Waals surface area contributed by atoms with Gasteiger partial charge >= 0.3 is 0 Å². The largest absolute Gasteiger partial charge is 0.357 e. The Bertz CT molecular complexity index is 618. The van der Waals surface area contributed by atoms with Crippen LogP contribution in [0.5, 0.6) is 0 Å². The molecule has 0 radical (unpaired) electrons. The predicted octanol–water partition coefficient (Wildman–Crippen LogP) is 3.78. The van der Waals surface area contributed by atoms with Crippen molar-refractivity contribution in [2.24, 2.45) is 10.4 Å². The smallest absolute Gasteiger partial charge is 0.193 e. The molecular formula is C22H35IN4. The molecule has 0 spiro atoms. The van der Waals surface area contributed by atoms with Crippen LogP contribution in [0.4, 0.5) is 0 Å². The van der Waals surface area contributed by atoms with Gasteiger partial charge in [0.1, 0.15) is 0 Å². The van der Waals surface area contributed by atoms with Crippen molar-refractivity contribution in [1.29, 1.82) is 0 Å². The number of nitrogens with one attached hydrogen (secondary N) is 1. The van der Waals surface area contributed by atoms with Crippen LogP contribution in [0.3, 0.4) is 0 Å². The zero-order valence-corrected chi connectivity index (χ0v) is 19.4. The van der Waals surface area contributed by atoms with Crippen molar-refractivity contribution < 1.29 is 0 Å². The highest BCUT2D eigenvalue weighted by Gasteiger charge is 2.30. The Balaban J connectivity index is 0.00000261. The predicted molar refractivity (Wildman–Crippen MR) is 126 cm³/mol. The molecule has 0 amide bonds. The Morgan fingerprint density at radius 2 is 1.89 bits per heavy atom. The number of rotatable bonds is 6. The van der Waals surface area contributed by atoms with Crippen molar-refractivity contribution in [3.05, 3.63) is 48.0 Å². The van der Waals surface area contributed by atoms with Gasteiger partial charge in [-0.05, 0) is 30.7 Å². The molecule has 0 aliphatic carbocycles. The second-order valence-corrected chi connectivity index (χ2v) is 8.31. The highest BCUT2D eigenvalue weighted by molar-refractivity contribution is 14.0. The highest BCUT2D eigenvalue weighted by atomic mass is 127. The Morgan fingerprint density at radius 3 is 2.56 bits per heavy atom. The van der Waals surface area contributed by atoms with Gasteiger partial charge in [0, 0.05) is 45.3 Å². The zero-order chi connectivity index (χ0) is 18.4. The summed E-state index contributed by atoms with van der Waals surface area (Å²) in [4.78, 5) is 10.0. The van der Waals surface area contributed by atoms with E-state index in [-0.39, 0.29) is 29.4 Å². The normalized spacial score (nSPS) is 20.8. The molecule has 2 heterocycles. The van der Waals surface area contributed by atoms with Crippen molar-refractivity contribution in [1.82, 2.24) is 15.1 Å². The van der Waals surface area contributed by atoms with E-state index in [0.29, 0.717) is 6.04 Å². The minimum atomic E-state index is 0. The summed E-state index contributed by atoms with van der Waals surface area (Å²) >= 11 is 0. The van der Waals surface area contributed by atoms with Gasteiger partial charge in [0.2, 0.25) is 0 Å². The molecule has 1 N–H and O–H groups in total. The number of hydrogen-bond donors (Lipinski definition) is 1. The van der Waals surface area contributed by atoms with Gasteiger partial charge < -0.3 is 10.2 Å². The summed E-state index contributed by atoms with van der Waals surface area (Å²) in [6.45, 7) is 13.0. The van der Waals surface area contributed by atoms with E-state index in [9.17, 15) is 0 Å². The summed E-state index contributed by atoms with van der Waals surface area (Å²) in [7, 11) is 0. The molecule has 2 aliphatic heterocycles. The molecule has 1 aromatic rings. The third-order valence-corrected chi connectivity index (χ3v) is 5.34. The Labute approximate surface area is 182 Å². The monoisotopic (exact) mass is 482 g/mol. The van der Waals surface area contributed by atoms with Gasteiger partial charge in [-0.3, -0.25) is 9.89 Å². The molecule has 3 rings (SSSR count). The van der Waals surface area contributed by atoms with Crippen LogP contribution in [0.25, 0.3) is 0 Å². The molecule has 0 saturated carbocycles. The van der Waals surface area contributed by atoms with Gasteiger partial charge in [0.25, 0.3) is 0 Å². The van der Waals surface area contributed by atoms with Gasteiger partial charge in [-0.15, -0.1) is 24.0 Å². The summed E-state index contributed by atoms with van der Waals surface area (Å²) in [5.74, 6) is 1.09. The van der Waals surface area contributed by atoms with E-state index in [0.717, 1.165) is 51.6 Å². The van der Waals surface area contributed by atoms with Crippen molar-refractivity contribution >= 4 is 29.9 Å². The molecule has 150 valence electrons. The number of likely N-dealkylation sites (tertiary alicyclic amines) is 1. The van der Waals surface area contributed by atoms with E-state index >= 15 is 0 Å². The van der Waals surface area contributed by atoms with E-state index in [1.807, 2.05) is 0 Å². The average molecular weight is 482 g/mol. The quantitative estimate of drug-likeness (QED) is 0.290. The molecule has 27 heavy (non-hydrogen) atoms. The maximum atomic E-state index is 5.02. The van der Waals surface area contributed by atoms with Gasteiger partial charge in [-0.2, -0.15) is 0 Å². The van der Waals surface area contributed by atoms with Crippen LogP contribution in [-0.2, 0) is 6.42 Å². The standard InChI is InChI=1S/C22H34N4.HI/c1-4-23-21(26-15-12-20(17-26)25-13-8-9-14-25)24-18-22(2,3)16-19-10-6-5-7-11-19;/h5-11,20H,4,12-18H2,1-3H3,(H,23,24);1H. The van der Waals surface area contributed by atoms with Crippen LogP contribution in [0.2, 0.25) is 0 Å². The van der Waals surface area contributed by atoms with Crippen LogP contribution < -0.4 is 5.32 Å². The number of halogens is 1. The lowest BCUT2D eigenvalue weighted by atomic mass is 9.86. The van der Waals surface area contributed by atoms with Crippen molar-refractivity contribution in [2.75, 3.05) is 39.3 Å². The second-order valence-electron chi connectivity index (χ2n) is 8.31. The van der Waals surface area contributed by atoms with Crippen LogP contribution in [0.1, 0.15) is 32.8 Å². The van der Waals surface area contributed by atoms with Gasteiger partial charge in [0.05, 0.1) is 0 Å². The molecule has 1 fully saturated rings. The maximum absolute atomic E-state index is 5.02.